The first kappa shape index (κ1) is 12.6. The molecule has 0 spiro atoms. The van der Waals surface area contributed by atoms with Gasteiger partial charge in [0.1, 0.15) is 0 Å². The minimum Gasteiger partial charge on any atom is -0.370 e. The standard InChI is InChI=1S/C10H17N3O3/c1-2-5-13-9(15)6-7(10(13)16)12-4-3-8(11)14/h7,12H,2-6H2,1H3,(H2,11,14). The molecule has 0 aromatic rings. The van der Waals surface area contributed by atoms with E-state index >= 15 is 0 Å². The fraction of sp³-hybridized carbons (Fsp3) is 0.700. The Kier molecular flexibility index (Phi) is 4.42. The summed E-state index contributed by atoms with van der Waals surface area (Å²) in [6.45, 7) is 2.71. The molecule has 0 radical (unpaired) electrons. The molecule has 90 valence electrons. The summed E-state index contributed by atoms with van der Waals surface area (Å²) in [6.07, 6.45) is 1.11. The quantitative estimate of drug-likeness (QED) is 0.569. The molecular weight excluding hydrogens is 210 g/mol. The highest BCUT2D eigenvalue weighted by atomic mass is 16.2. The molecule has 3 N–H and O–H groups in total. The molecule has 0 aromatic heterocycles. The zero-order valence-electron chi connectivity index (χ0n) is 9.36. The molecule has 1 saturated heterocycles. The van der Waals surface area contributed by atoms with Crippen LogP contribution in [0.2, 0.25) is 0 Å². The molecule has 1 fully saturated rings. The van der Waals surface area contributed by atoms with Crippen LogP contribution < -0.4 is 11.1 Å². The molecule has 6 heteroatoms. The number of nitrogens with one attached hydrogen (secondary N) is 1. The topological polar surface area (TPSA) is 92.5 Å². The third-order valence-electron chi connectivity index (χ3n) is 2.45. The van der Waals surface area contributed by atoms with Gasteiger partial charge in [-0.05, 0) is 6.42 Å². The number of primary amides is 1. The summed E-state index contributed by atoms with van der Waals surface area (Å²) < 4.78 is 0. The molecule has 3 amide bonds. The third kappa shape index (κ3) is 3.03. The summed E-state index contributed by atoms with van der Waals surface area (Å²) in [5, 5.41) is 2.87. The number of likely N-dealkylation sites (tertiary alicyclic amines) is 1. The van der Waals surface area contributed by atoms with Crippen LogP contribution in [-0.4, -0.2) is 41.8 Å². The molecule has 0 saturated carbocycles. The normalized spacial score (nSPS) is 20.6. The summed E-state index contributed by atoms with van der Waals surface area (Å²) >= 11 is 0. The van der Waals surface area contributed by atoms with Crippen molar-refractivity contribution in [2.75, 3.05) is 13.1 Å². The predicted octanol–water partition coefficient (Wildman–Crippen LogP) is -1.01. The van der Waals surface area contributed by atoms with Crippen LogP contribution in [0.3, 0.4) is 0 Å². The van der Waals surface area contributed by atoms with Gasteiger partial charge in [0.2, 0.25) is 17.7 Å². The van der Waals surface area contributed by atoms with Crippen LogP contribution in [0.15, 0.2) is 0 Å². The van der Waals surface area contributed by atoms with Crippen molar-refractivity contribution in [2.24, 2.45) is 5.73 Å². The maximum absolute atomic E-state index is 11.7. The van der Waals surface area contributed by atoms with Crippen molar-refractivity contribution in [1.82, 2.24) is 10.2 Å². The number of nitrogens with zero attached hydrogens (tertiary/aromatic N) is 1. The predicted molar refractivity (Wildman–Crippen MR) is 57.2 cm³/mol. The molecular formula is C10H17N3O3. The van der Waals surface area contributed by atoms with Crippen LogP contribution in [0, 0.1) is 0 Å². The summed E-state index contributed by atoms with van der Waals surface area (Å²) in [4.78, 5) is 34.9. The Morgan fingerprint density at radius 1 is 1.56 bits per heavy atom. The number of rotatable bonds is 6. The Morgan fingerprint density at radius 3 is 2.81 bits per heavy atom. The second kappa shape index (κ2) is 5.60. The Labute approximate surface area is 94.2 Å². The maximum atomic E-state index is 11.7. The lowest BCUT2D eigenvalue weighted by Gasteiger charge is -2.13. The monoisotopic (exact) mass is 227 g/mol. The molecule has 1 rings (SSSR count). The van der Waals surface area contributed by atoms with E-state index in [1.54, 1.807) is 0 Å². The SMILES string of the molecule is CCCN1C(=O)CC(NCCC(N)=O)C1=O. The number of amides is 3. The van der Waals surface area contributed by atoms with Crippen molar-refractivity contribution >= 4 is 17.7 Å². The van der Waals surface area contributed by atoms with E-state index in [0.29, 0.717) is 13.1 Å². The van der Waals surface area contributed by atoms with Gasteiger partial charge < -0.3 is 11.1 Å². The highest BCUT2D eigenvalue weighted by molar-refractivity contribution is 6.05. The highest BCUT2D eigenvalue weighted by Gasteiger charge is 2.37. The number of imide groups is 1. The van der Waals surface area contributed by atoms with E-state index < -0.39 is 11.9 Å². The zero-order valence-corrected chi connectivity index (χ0v) is 9.36. The smallest absolute Gasteiger partial charge is 0.246 e. The van der Waals surface area contributed by atoms with E-state index in [0.717, 1.165) is 6.42 Å². The summed E-state index contributed by atoms with van der Waals surface area (Å²) in [5.41, 5.74) is 4.97. The Bertz CT molecular complexity index is 304. The largest absolute Gasteiger partial charge is 0.370 e. The number of hydrogen-bond donors (Lipinski definition) is 2. The van der Waals surface area contributed by atoms with Crippen LogP contribution in [-0.2, 0) is 14.4 Å². The van der Waals surface area contributed by atoms with Gasteiger partial charge in [-0.15, -0.1) is 0 Å². The summed E-state index contributed by atoms with van der Waals surface area (Å²) in [7, 11) is 0. The zero-order chi connectivity index (χ0) is 12.1. The first-order valence-electron chi connectivity index (χ1n) is 5.42. The van der Waals surface area contributed by atoms with Crippen molar-refractivity contribution in [3.8, 4) is 0 Å². The van der Waals surface area contributed by atoms with Crippen molar-refractivity contribution in [2.45, 2.75) is 32.2 Å². The fourth-order valence-electron chi connectivity index (χ4n) is 1.67. The molecule has 0 aliphatic carbocycles. The van der Waals surface area contributed by atoms with Crippen molar-refractivity contribution in [3.63, 3.8) is 0 Å². The van der Waals surface area contributed by atoms with Crippen molar-refractivity contribution in [1.29, 1.82) is 0 Å². The van der Waals surface area contributed by atoms with Crippen LogP contribution in [0.4, 0.5) is 0 Å². The van der Waals surface area contributed by atoms with Gasteiger partial charge >= 0.3 is 0 Å². The van der Waals surface area contributed by atoms with E-state index in [2.05, 4.69) is 5.32 Å². The van der Waals surface area contributed by atoms with Gasteiger partial charge in [0.15, 0.2) is 0 Å². The van der Waals surface area contributed by atoms with E-state index in [4.69, 9.17) is 5.73 Å². The van der Waals surface area contributed by atoms with E-state index in [1.165, 1.54) is 4.90 Å². The van der Waals surface area contributed by atoms with Crippen molar-refractivity contribution in [3.05, 3.63) is 0 Å². The Balaban J connectivity index is 2.42. The molecule has 16 heavy (non-hydrogen) atoms. The Hall–Kier alpha value is -1.43. The summed E-state index contributed by atoms with van der Waals surface area (Å²) in [5.74, 6) is -0.769. The van der Waals surface area contributed by atoms with Crippen LogP contribution >= 0.6 is 0 Å². The lowest BCUT2D eigenvalue weighted by molar-refractivity contribution is -0.139. The lowest BCUT2D eigenvalue weighted by Crippen LogP contribution is -2.40. The lowest BCUT2D eigenvalue weighted by atomic mass is 10.2. The Morgan fingerprint density at radius 2 is 2.25 bits per heavy atom. The minimum absolute atomic E-state index is 0.150. The van der Waals surface area contributed by atoms with E-state index in [9.17, 15) is 14.4 Å². The third-order valence-corrected chi connectivity index (χ3v) is 2.45. The molecule has 1 aliphatic rings. The number of nitrogens with two attached hydrogens (primary N) is 1. The number of carbonyl (C=O) groups is 3. The van der Waals surface area contributed by atoms with Crippen molar-refractivity contribution < 1.29 is 14.4 Å². The fourth-order valence-corrected chi connectivity index (χ4v) is 1.67. The molecule has 1 heterocycles. The molecule has 1 aliphatic heterocycles. The first-order chi connectivity index (χ1) is 7.56. The van der Waals surface area contributed by atoms with Gasteiger partial charge in [0, 0.05) is 19.5 Å². The van der Waals surface area contributed by atoms with Gasteiger partial charge in [-0.25, -0.2) is 0 Å². The first-order valence-corrected chi connectivity index (χ1v) is 5.42. The molecule has 0 aromatic carbocycles. The highest BCUT2D eigenvalue weighted by Crippen LogP contribution is 2.13. The number of carbonyl (C=O) groups excluding carboxylic acids is 3. The van der Waals surface area contributed by atoms with Crippen LogP contribution in [0.1, 0.15) is 26.2 Å². The average Bonchev–Trinajstić information content (AvgIpc) is 2.46. The van der Waals surface area contributed by atoms with Gasteiger partial charge in [-0.1, -0.05) is 6.92 Å². The molecule has 1 atom stereocenters. The molecule has 6 nitrogen and oxygen atoms in total. The van der Waals surface area contributed by atoms with Gasteiger partial charge in [0.25, 0.3) is 0 Å². The van der Waals surface area contributed by atoms with Gasteiger partial charge in [0.05, 0.1) is 12.5 Å². The van der Waals surface area contributed by atoms with Crippen LogP contribution in [0.5, 0.6) is 0 Å². The maximum Gasteiger partial charge on any atom is 0.246 e. The summed E-state index contributed by atoms with van der Waals surface area (Å²) in [6, 6.07) is -0.488. The second-order valence-corrected chi connectivity index (χ2v) is 3.81. The molecule has 1 unspecified atom stereocenters. The minimum atomic E-state index is -0.488. The van der Waals surface area contributed by atoms with Gasteiger partial charge in [-0.3, -0.25) is 19.3 Å². The van der Waals surface area contributed by atoms with E-state index in [-0.39, 0.29) is 24.7 Å². The van der Waals surface area contributed by atoms with Gasteiger partial charge in [-0.2, -0.15) is 0 Å². The van der Waals surface area contributed by atoms with E-state index in [1.807, 2.05) is 6.92 Å². The second-order valence-electron chi connectivity index (χ2n) is 3.81. The number of hydrogen-bond acceptors (Lipinski definition) is 4. The van der Waals surface area contributed by atoms with Crippen LogP contribution in [0.25, 0.3) is 0 Å². The average molecular weight is 227 g/mol. The molecule has 0 bridgehead atoms.